The molecule has 178 valence electrons. The van der Waals surface area contributed by atoms with Crippen LogP contribution in [0, 0.1) is 6.92 Å². The van der Waals surface area contributed by atoms with Gasteiger partial charge >= 0.3 is 0 Å². The van der Waals surface area contributed by atoms with E-state index in [0.717, 1.165) is 22.3 Å². The lowest BCUT2D eigenvalue weighted by molar-refractivity contribution is -0.111. The van der Waals surface area contributed by atoms with Gasteiger partial charge in [0, 0.05) is 22.9 Å². The van der Waals surface area contributed by atoms with Crippen LogP contribution in [0.15, 0.2) is 77.6 Å². The number of nitrogens with zero attached hydrogens (tertiary/aromatic N) is 1. The van der Waals surface area contributed by atoms with Gasteiger partial charge in [0.1, 0.15) is 6.26 Å². The van der Waals surface area contributed by atoms with Crippen LogP contribution >= 0.6 is 0 Å². The third-order valence-electron chi connectivity index (χ3n) is 5.53. The Morgan fingerprint density at radius 1 is 0.914 bits per heavy atom. The molecule has 0 spiro atoms. The second kappa shape index (κ2) is 10.6. The van der Waals surface area contributed by atoms with Gasteiger partial charge in [-0.05, 0) is 66.1 Å². The molecular weight excluding hydrogens is 444 g/mol. The normalized spacial score (nSPS) is 10.9. The van der Waals surface area contributed by atoms with Gasteiger partial charge in [-0.3, -0.25) is 4.79 Å². The number of benzene rings is 3. The van der Waals surface area contributed by atoms with Crippen molar-refractivity contribution < 1.29 is 23.4 Å². The quantitative estimate of drug-likeness (QED) is 0.318. The van der Waals surface area contributed by atoms with Crippen LogP contribution in [-0.2, 0) is 4.79 Å². The molecule has 1 N–H and O–H groups in total. The summed E-state index contributed by atoms with van der Waals surface area (Å²) in [5.74, 6) is 1.81. The van der Waals surface area contributed by atoms with Crippen molar-refractivity contribution in [3.05, 3.63) is 84.3 Å². The number of carbonyl (C=O) groups excluding carboxylic acids is 1. The van der Waals surface area contributed by atoms with E-state index in [-0.39, 0.29) is 5.91 Å². The second-order valence-electron chi connectivity index (χ2n) is 7.69. The summed E-state index contributed by atoms with van der Waals surface area (Å²) in [5, 5.41) is 2.88. The zero-order chi connectivity index (χ0) is 24.8. The maximum absolute atomic E-state index is 12.5. The number of amides is 1. The summed E-state index contributed by atoms with van der Waals surface area (Å²) < 4.78 is 21.6. The number of methoxy groups -OCH3 is 3. The Balaban J connectivity index is 1.49. The highest BCUT2D eigenvalue weighted by molar-refractivity contribution is 6.02. The molecule has 0 aliphatic rings. The van der Waals surface area contributed by atoms with Gasteiger partial charge in [0.15, 0.2) is 11.5 Å². The maximum atomic E-state index is 12.5. The minimum absolute atomic E-state index is 0.267. The largest absolute Gasteiger partial charge is 0.493 e. The highest BCUT2D eigenvalue weighted by Crippen LogP contribution is 2.40. The van der Waals surface area contributed by atoms with E-state index in [0.29, 0.717) is 34.4 Å². The number of hydrogen-bond donors (Lipinski definition) is 1. The predicted molar refractivity (Wildman–Crippen MR) is 136 cm³/mol. The molecule has 35 heavy (non-hydrogen) atoms. The first-order valence-corrected chi connectivity index (χ1v) is 10.9. The first kappa shape index (κ1) is 23.6. The molecule has 0 fully saturated rings. The van der Waals surface area contributed by atoms with Crippen molar-refractivity contribution in [2.75, 3.05) is 26.6 Å². The average Bonchev–Trinajstić information content (AvgIpc) is 3.42. The molecule has 7 nitrogen and oxygen atoms in total. The Bertz CT molecular complexity index is 1340. The predicted octanol–water partition coefficient (Wildman–Crippen LogP) is 5.99. The number of hydrogen-bond acceptors (Lipinski definition) is 6. The molecule has 4 rings (SSSR count). The van der Waals surface area contributed by atoms with Crippen LogP contribution in [0.3, 0.4) is 0 Å². The molecule has 0 unspecified atom stereocenters. The number of carbonyl (C=O) groups is 1. The van der Waals surface area contributed by atoms with E-state index in [9.17, 15) is 4.79 Å². The zero-order valence-electron chi connectivity index (χ0n) is 20.0. The average molecular weight is 471 g/mol. The van der Waals surface area contributed by atoms with Gasteiger partial charge < -0.3 is 23.9 Å². The summed E-state index contributed by atoms with van der Waals surface area (Å²) in [6.07, 6.45) is 6.30. The number of oxazole rings is 1. The van der Waals surface area contributed by atoms with E-state index in [1.54, 1.807) is 44.9 Å². The van der Waals surface area contributed by atoms with Crippen LogP contribution in [-0.4, -0.2) is 32.2 Å². The molecule has 0 atom stereocenters. The number of aromatic nitrogens is 1. The molecular formula is C28H26N2O5. The van der Waals surface area contributed by atoms with Gasteiger partial charge in [-0.25, -0.2) is 4.98 Å². The molecule has 0 saturated carbocycles. The van der Waals surface area contributed by atoms with Gasteiger partial charge in [-0.1, -0.05) is 18.2 Å². The minimum Gasteiger partial charge on any atom is -0.493 e. The van der Waals surface area contributed by atoms with Crippen molar-refractivity contribution in [3.8, 4) is 39.8 Å². The highest BCUT2D eigenvalue weighted by Gasteiger charge is 2.14. The second-order valence-corrected chi connectivity index (χ2v) is 7.69. The minimum atomic E-state index is -0.267. The van der Waals surface area contributed by atoms with Crippen molar-refractivity contribution in [1.29, 1.82) is 0 Å². The molecule has 3 aromatic carbocycles. The molecule has 1 aromatic heterocycles. The standard InChI is InChI=1S/C28H26N2O5/c1-18-5-6-21(28-29-15-16-35-28)17-23(18)19-7-11-22(12-8-19)30-25(31)14-10-20-9-13-24(32-2)27(34-4)26(20)33-3/h5-17H,1-4H3,(H,30,31)/b14-10-. The number of rotatable bonds is 8. The van der Waals surface area contributed by atoms with Crippen LogP contribution in [0.25, 0.3) is 28.7 Å². The van der Waals surface area contributed by atoms with Crippen LogP contribution in [0.5, 0.6) is 17.2 Å². The Kier molecular flexibility index (Phi) is 7.16. The van der Waals surface area contributed by atoms with Crippen LogP contribution in [0.2, 0.25) is 0 Å². The molecule has 0 aliphatic heterocycles. The van der Waals surface area contributed by atoms with Crippen LogP contribution in [0.1, 0.15) is 11.1 Å². The number of ether oxygens (including phenoxy) is 3. The van der Waals surface area contributed by atoms with E-state index in [2.05, 4.69) is 17.2 Å². The summed E-state index contributed by atoms with van der Waals surface area (Å²) in [6, 6.07) is 17.3. The van der Waals surface area contributed by atoms with Crippen molar-refractivity contribution >= 4 is 17.7 Å². The summed E-state index contributed by atoms with van der Waals surface area (Å²) in [6.45, 7) is 2.05. The topological polar surface area (TPSA) is 82.8 Å². The van der Waals surface area contributed by atoms with Crippen molar-refractivity contribution in [2.45, 2.75) is 6.92 Å². The Labute approximate surface area is 204 Å². The third-order valence-corrected chi connectivity index (χ3v) is 5.53. The summed E-state index contributed by atoms with van der Waals surface area (Å²) in [4.78, 5) is 16.8. The molecule has 0 saturated heterocycles. The summed E-state index contributed by atoms with van der Waals surface area (Å²) in [5.41, 5.74) is 5.51. The van der Waals surface area contributed by atoms with Gasteiger partial charge in [0.2, 0.25) is 17.5 Å². The highest BCUT2D eigenvalue weighted by atomic mass is 16.5. The lowest BCUT2D eigenvalue weighted by atomic mass is 9.98. The summed E-state index contributed by atoms with van der Waals surface area (Å²) >= 11 is 0. The van der Waals surface area contributed by atoms with Crippen molar-refractivity contribution in [1.82, 2.24) is 4.98 Å². The van der Waals surface area contributed by atoms with Gasteiger partial charge in [-0.2, -0.15) is 0 Å². The van der Waals surface area contributed by atoms with Crippen molar-refractivity contribution in [3.63, 3.8) is 0 Å². The van der Waals surface area contributed by atoms with Crippen LogP contribution < -0.4 is 19.5 Å². The Morgan fingerprint density at radius 2 is 1.66 bits per heavy atom. The van der Waals surface area contributed by atoms with Crippen molar-refractivity contribution in [2.24, 2.45) is 0 Å². The lowest BCUT2D eigenvalue weighted by Gasteiger charge is -2.14. The lowest BCUT2D eigenvalue weighted by Crippen LogP contribution is -2.07. The third kappa shape index (κ3) is 5.19. The molecule has 0 aliphatic carbocycles. The fraction of sp³-hybridized carbons (Fsp3) is 0.143. The van der Waals surface area contributed by atoms with E-state index >= 15 is 0 Å². The fourth-order valence-corrected chi connectivity index (χ4v) is 3.77. The first-order valence-electron chi connectivity index (χ1n) is 10.9. The Morgan fingerprint density at radius 3 is 2.31 bits per heavy atom. The molecule has 4 aromatic rings. The summed E-state index contributed by atoms with van der Waals surface area (Å²) in [7, 11) is 4.63. The van der Waals surface area contributed by atoms with Gasteiger partial charge in [0.25, 0.3) is 0 Å². The molecule has 0 radical (unpaired) electrons. The number of nitrogens with one attached hydrogen (secondary N) is 1. The molecule has 1 heterocycles. The molecule has 1 amide bonds. The molecule has 0 bridgehead atoms. The van der Waals surface area contributed by atoms with E-state index in [4.69, 9.17) is 18.6 Å². The fourth-order valence-electron chi connectivity index (χ4n) is 3.77. The maximum Gasteiger partial charge on any atom is 0.248 e. The number of anilines is 1. The Hall–Kier alpha value is -4.52. The van der Waals surface area contributed by atoms with E-state index in [1.165, 1.54) is 13.2 Å². The smallest absolute Gasteiger partial charge is 0.248 e. The number of aryl methyl sites for hydroxylation is 1. The van der Waals surface area contributed by atoms with Gasteiger partial charge in [-0.15, -0.1) is 0 Å². The molecule has 7 heteroatoms. The van der Waals surface area contributed by atoms with E-state index < -0.39 is 0 Å². The zero-order valence-corrected chi connectivity index (χ0v) is 20.0. The van der Waals surface area contributed by atoms with Crippen LogP contribution in [0.4, 0.5) is 5.69 Å². The van der Waals surface area contributed by atoms with Gasteiger partial charge in [0.05, 0.1) is 27.5 Å². The van der Waals surface area contributed by atoms with E-state index in [1.807, 2.05) is 42.5 Å². The SMILES string of the molecule is COc1ccc(/C=C\C(=O)Nc2ccc(-c3cc(-c4ncco4)ccc3C)cc2)c(OC)c1OC. The monoisotopic (exact) mass is 470 g/mol. The first-order chi connectivity index (χ1) is 17.0.